The van der Waals surface area contributed by atoms with Crippen LogP contribution in [0.2, 0.25) is 0 Å². The van der Waals surface area contributed by atoms with Gasteiger partial charge in [-0.05, 0) is 60.7 Å². The summed E-state index contributed by atoms with van der Waals surface area (Å²) in [7, 11) is 0. The number of amides is 1. The van der Waals surface area contributed by atoms with Crippen LogP contribution in [0.3, 0.4) is 0 Å². The van der Waals surface area contributed by atoms with Gasteiger partial charge in [0.25, 0.3) is 11.7 Å². The summed E-state index contributed by atoms with van der Waals surface area (Å²) >= 11 is 0. The van der Waals surface area contributed by atoms with Crippen LogP contribution >= 0.6 is 0 Å². The summed E-state index contributed by atoms with van der Waals surface area (Å²) in [5.74, 6) is -0.266. The predicted octanol–water partition coefficient (Wildman–Crippen LogP) is 5.18. The number of ketones is 1. The third-order valence-electron chi connectivity index (χ3n) is 6.37. The molecule has 0 aromatic heterocycles. The molecule has 2 aliphatic rings. The molecule has 6 nitrogen and oxygen atoms in total. The molecule has 1 unspecified atom stereocenters. The maximum Gasteiger partial charge on any atom is 0.295 e. The fourth-order valence-electron chi connectivity index (χ4n) is 4.70. The molecule has 1 amide bonds. The van der Waals surface area contributed by atoms with Gasteiger partial charge in [-0.15, -0.1) is 0 Å². The second kappa shape index (κ2) is 9.69. The van der Waals surface area contributed by atoms with Gasteiger partial charge in [-0.3, -0.25) is 9.59 Å². The minimum atomic E-state index is -0.689. The van der Waals surface area contributed by atoms with Crippen molar-refractivity contribution in [2.45, 2.75) is 58.0 Å². The van der Waals surface area contributed by atoms with Gasteiger partial charge in [0.05, 0.1) is 18.2 Å². The quantitative estimate of drug-likeness (QED) is 0.360. The average Bonchev–Trinajstić information content (AvgIpc) is 3.09. The molecule has 1 saturated heterocycles. The monoisotopic (exact) mass is 449 g/mol. The lowest BCUT2D eigenvalue weighted by atomic mass is 9.91. The molecule has 4 rings (SSSR count). The Bertz CT molecular complexity index is 1030. The second-order valence-electron chi connectivity index (χ2n) is 9.32. The van der Waals surface area contributed by atoms with E-state index in [1.54, 1.807) is 41.3 Å². The van der Waals surface area contributed by atoms with Crippen LogP contribution in [0.25, 0.3) is 5.76 Å². The maximum absolute atomic E-state index is 13.2. The van der Waals surface area contributed by atoms with E-state index in [2.05, 4.69) is 13.8 Å². The molecule has 0 bridgehead atoms. The van der Waals surface area contributed by atoms with Crippen LogP contribution < -0.4 is 4.74 Å². The molecular weight excluding hydrogens is 418 g/mol. The first-order chi connectivity index (χ1) is 15.9. The van der Waals surface area contributed by atoms with Gasteiger partial charge >= 0.3 is 0 Å². The van der Waals surface area contributed by atoms with Gasteiger partial charge in [0.1, 0.15) is 17.3 Å². The van der Waals surface area contributed by atoms with E-state index in [4.69, 9.17) is 4.74 Å². The van der Waals surface area contributed by atoms with Gasteiger partial charge in [0, 0.05) is 11.6 Å². The van der Waals surface area contributed by atoms with E-state index >= 15 is 0 Å². The number of carbonyl (C=O) groups excluding carboxylic acids is 2. The molecule has 1 aliphatic carbocycles. The number of phenolic OH excluding ortho intramolecular Hbond substituents is 1. The molecule has 2 aromatic rings. The molecule has 1 heterocycles. The normalized spacial score (nSPS) is 21.1. The van der Waals surface area contributed by atoms with E-state index < -0.39 is 17.7 Å². The van der Waals surface area contributed by atoms with Crippen molar-refractivity contribution in [1.82, 2.24) is 4.90 Å². The third-order valence-corrected chi connectivity index (χ3v) is 6.37. The first kappa shape index (κ1) is 22.9. The Morgan fingerprint density at radius 1 is 1.00 bits per heavy atom. The third kappa shape index (κ3) is 4.75. The van der Waals surface area contributed by atoms with Crippen molar-refractivity contribution in [3.63, 3.8) is 0 Å². The van der Waals surface area contributed by atoms with Crippen LogP contribution in [0.5, 0.6) is 11.5 Å². The molecule has 2 N–H and O–H groups in total. The van der Waals surface area contributed by atoms with Crippen LogP contribution in [-0.2, 0) is 9.59 Å². The number of phenols is 1. The maximum atomic E-state index is 13.2. The number of aliphatic hydroxyl groups excluding tert-OH is 1. The lowest BCUT2D eigenvalue weighted by molar-refractivity contribution is -0.141. The Labute approximate surface area is 194 Å². The molecule has 0 radical (unpaired) electrons. The van der Waals surface area contributed by atoms with E-state index in [9.17, 15) is 19.8 Å². The highest BCUT2D eigenvalue weighted by molar-refractivity contribution is 6.46. The zero-order chi connectivity index (χ0) is 23.5. The van der Waals surface area contributed by atoms with Gasteiger partial charge < -0.3 is 19.8 Å². The first-order valence-electron chi connectivity index (χ1n) is 11.7. The van der Waals surface area contributed by atoms with Crippen molar-refractivity contribution >= 4 is 17.4 Å². The second-order valence-corrected chi connectivity index (χ2v) is 9.32. The van der Waals surface area contributed by atoms with Gasteiger partial charge in [0.15, 0.2) is 0 Å². The molecule has 2 aromatic carbocycles. The number of rotatable bonds is 6. The van der Waals surface area contributed by atoms with Crippen molar-refractivity contribution in [2.24, 2.45) is 5.92 Å². The number of Topliss-reactive ketones (excluding diaryl/α,β-unsaturated/α-hetero) is 1. The molecule has 174 valence electrons. The van der Waals surface area contributed by atoms with Gasteiger partial charge in [-0.25, -0.2) is 0 Å². The van der Waals surface area contributed by atoms with E-state index in [-0.39, 0.29) is 23.1 Å². The summed E-state index contributed by atoms with van der Waals surface area (Å²) in [5.41, 5.74) is 1.24. The number of ether oxygens (including phenoxy) is 1. The number of hydrogen-bond acceptors (Lipinski definition) is 5. The fraction of sp³-hybridized carbons (Fsp3) is 0.407. The van der Waals surface area contributed by atoms with E-state index in [1.165, 1.54) is 12.1 Å². The smallest absolute Gasteiger partial charge is 0.295 e. The number of aliphatic hydroxyl groups is 1. The molecular formula is C27H31NO5. The number of likely N-dealkylation sites (tertiary alicyclic amines) is 1. The molecule has 2 fully saturated rings. The van der Waals surface area contributed by atoms with E-state index in [0.717, 1.165) is 32.1 Å². The molecule has 33 heavy (non-hydrogen) atoms. The summed E-state index contributed by atoms with van der Waals surface area (Å²) in [4.78, 5) is 28.0. The van der Waals surface area contributed by atoms with Crippen molar-refractivity contribution in [2.75, 3.05) is 6.61 Å². The zero-order valence-corrected chi connectivity index (χ0v) is 19.2. The van der Waals surface area contributed by atoms with Crippen molar-refractivity contribution in [3.05, 3.63) is 65.2 Å². The number of carbonyl (C=O) groups is 2. The Kier molecular flexibility index (Phi) is 6.72. The lowest BCUT2D eigenvalue weighted by Crippen LogP contribution is -2.40. The molecule has 6 heteroatoms. The minimum absolute atomic E-state index is 0.0499. The number of aromatic hydroxyl groups is 1. The predicted molar refractivity (Wildman–Crippen MR) is 126 cm³/mol. The average molecular weight is 450 g/mol. The van der Waals surface area contributed by atoms with Crippen LogP contribution in [0.15, 0.2) is 54.1 Å². The molecule has 0 spiro atoms. The largest absolute Gasteiger partial charge is 0.508 e. The van der Waals surface area contributed by atoms with Gasteiger partial charge in [0.2, 0.25) is 0 Å². The molecule has 1 aliphatic heterocycles. The zero-order valence-electron chi connectivity index (χ0n) is 19.2. The highest BCUT2D eigenvalue weighted by Crippen LogP contribution is 2.43. The van der Waals surface area contributed by atoms with Crippen LogP contribution in [0.1, 0.15) is 63.1 Å². The Morgan fingerprint density at radius 2 is 1.64 bits per heavy atom. The van der Waals surface area contributed by atoms with Gasteiger partial charge in [-0.2, -0.15) is 0 Å². The van der Waals surface area contributed by atoms with Crippen molar-refractivity contribution in [1.29, 1.82) is 0 Å². The van der Waals surface area contributed by atoms with Crippen molar-refractivity contribution < 1.29 is 24.5 Å². The summed E-state index contributed by atoms with van der Waals surface area (Å²) in [6.07, 6.45) is 4.81. The van der Waals surface area contributed by atoms with E-state index in [0.29, 0.717) is 29.4 Å². The van der Waals surface area contributed by atoms with E-state index in [1.807, 2.05) is 0 Å². The molecule has 1 saturated carbocycles. The highest BCUT2D eigenvalue weighted by Gasteiger charge is 2.48. The van der Waals surface area contributed by atoms with Crippen LogP contribution in [0, 0.1) is 5.92 Å². The highest BCUT2D eigenvalue weighted by atomic mass is 16.5. The van der Waals surface area contributed by atoms with Crippen LogP contribution in [0.4, 0.5) is 0 Å². The number of benzene rings is 2. The number of nitrogens with zero attached hydrogens (tertiary/aromatic N) is 1. The summed E-state index contributed by atoms with van der Waals surface area (Å²) in [5, 5.41) is 21.0. The fourth-order valence-corrected chi connectivity index (χ4v) is 4.70. The summed E-state index contributed by atoms with van der Waals surface area (Å²) in [6, 6.07) is 12.7. The Morgan fingerprint density at radius 3 is 2.24 bits per heavy atom. The standard InChI is InChI=1S/C27H31NO5/c1-17(2)16-33-22-14-10-19(11-15-22)25(30)23-24(18-8-12-21(29)13-9-18)28(27(32)26(23)31)20-6-4-3-5-7-20/h8-15,17,20,24,29-30H,3-7,16H2,1-2H3/b25-23-. The topological polar surface area (TPSA) is 87.1 Å². The summed E-state index contributed by atoms with van der Waals surface area (Å²) < 4.78 is 5.71. The first-order valence-corrected chi connectivity index (χ1v) is 11.7. The minimum Gasteiger partial charge on any atom is -0.508 e. The lowest BCUT2D eigenvalue weighted by Gasteiger charge is -2.35. The molecule has 1 atom stereocenters. The van der Waals surface area contributed by atoms with Crippen LogP contribution in [-0.4, -0.2) is 39.5 Å². The SMILES string of the molecule is CC(C)COc1ccc(/C(O)=C2/C(=O)C(=O)N(C3CCCCC3)C2c2ccc(O)cc2)cc1. The summed E-state index contributed by atoms with van der Waals surface area (Å²) in [6.45, 7) is 4.71. The Balaban J connectivity index is 1.75. The Hall–Kier alpha value is -3.28. The van der Waals surface area contributed by atoms with Crippen molar-refractivity contribution in [3.8, 4) is 11.5 Å². The number of hydrogen-bond donors (Lipinski definition) is 2. The van der Waals surface area contributed by atoms with Gasteiger partial charge in [-0.1, -0.05) is 45.2 Å².